The van der Waals surface area contributed by atoms with E-state index < -0.39 is 5.56 Å². The van der Waals surface area contributed by atoms with Crippen LogP contribution in [-0.4, -0.2) is 43.8 Å². The largest absolute Gasteiger partial charge is 0.338 e. The summed E-state index contributed by atoms with van der Waals surface area (Å²) < 4.78 is 0. The van der Waals surface area contributed by atoms with Gasteiger partial charge in [0.05, 0.1) is 0 Å². The lowest BCUT2D eigenvalue weighted by molar-refractivity contribution is 0.0710. The van der Waals surface area contributed by atoms with Gasteiger partial charge in [0.15, 0.2) is 5.82 Å². The molecule has 1 N–H and O–H groups in total. The third-order valence-electron chi connectivity index (χ3n) is 4.90. The van der Waals surface area contributed by atoms with Gasteiger partial charge in [-0.15, -0.1) is 0 Å². The smallest absolute Gasteiger partial charge is 0.264 e. The summed E-state index contributed by atoms with van der Waals surface area (Å²) in [5, 5.41) is 0. The minimum Gasteiger partial charge on any atom is -0.338 e. The van der Waals surface area contributed by atoms with Gasteiger partial charge >= 0.3 is 0 Å². The lowest BCUT2D eigenvalue weighted by Gasteiger charge is -2.32. The van der Waals surface area contributed by atoms with E-state index in [0.29, 0.717) is 30.5 Å². The van der Waals surface area contributed by atoms with Crippen molar-refractivity contribution in [2.75, 3.05) is 13.1 Å². The fraction of sp³-hybridized carbons (Fsp3) is 0.250. The van der Waals surface area contributed by atoms with Crippen molar-refractivity contribution in [2.24, 2.45) is 0 Å². The van der Waals surface area contributed by atoms with Crippen LogP contribution in [0, 0.1) is 0 Å². The van der Waals surface area contributed by atoms with Gasteiger partial charge in [0.2, 0.25) is 0 Å². The highest BCUT2D eigenvalue weighted by molar-refractivity contribution is 5.93. The van der Waals surface area contributed by atoms with E-state index in [4.69, 9.17) is 0 Å². The average molecular weight is 361 g/mol. The SMILES string of the molecule is O=C(c1cnc(-c2ccccn2)[nH]c1=O)N1CCC(c2ccncc2)CC1. The molecule has 0 spiro atoms. The van der Waals surface area contributed by atoms with Gasteiger partial charge in [-0.1, -0.05) is 6.07 Å². The zero-order valence-electron chi connectivity index (χ0n) is 14.7. The Balaban J connectivity index is 1.47. The molecule has 1 aliphatic rings. The summed E-state index contributed by atoms with van der Waals surface area (Å²) in [6.07, 6.45) is 8.30. The zero-order chi connectivity index (χ0) is 18.6. The lowest BCUT2D eigenvalue weighted by Crippen LogP contribution is -2.40. The molecule has 0 aliphatic carbocycles. The van der Waals surface area contributed by atoms with E-state index in [1.54, 1.807) is 35.6 Å². The molecule has 0 saturated carbocycles. The van der Waals surface area contributed by atoms with Crippen LogP contribution in [0.1, 0.15) is 34.7 Å². The molecule has 0 bridgehead atoms. The number of carbonyl (C=O) groups is 1. The molecule has 0 unspecified atom stereocenters. The third-order valence-corrected chi connectivity index (χ3v) is 4.90. The fourth-order valence-corrected chi connectivity index (χ4v) is 3.40. The van der Waals surface area contributed by atoms with Crippen LogP contribution < -0.4 is 5.56 Å². The highest BCUT2D eigenvalue weighted by Gasteiger charge is 2.26. The topological polar surface area (TPSA) is 91.8 Å². The van der Waals surface area contributed by atoms with Crippen LogP contribution >= 0.6 is 0 Å². The predicted molar refractivity (Wildman–Crippen MR) is 100 cm³/mol. The van der Waals surface area contributed by atoms with Gasteiger partial charge in [-0.25, -0.2) is 4.98 Å². The Labute approximate surface area is 156 Å². The number of nitrogens with one attached hydrogen (secondary N) is 1. The summed E-state index contributed by atoms with van der Waals surface area (Å²) in [5.41, 5.74) is 1.44. The van der Waals surface area contributed by atoms with Gasteiger partial charge < -0.3 is 9.88 Å². The second-order valence-corrected chi connectivity index (χ2v) is 6.54. The van der Waals surface area contributed by atoms with E-state index in [2.05, 4.69) is 19.9 Å². The van der Waals surface area contributed by atoms with Gasteiger partial charge in [-0.2, -0.15) is 0 Å². The van der Waals surface area contributed by atoms with Gasteiger partial charge in [0.25, 0.3) is 11.5 Å². The number of pyridine rings is 2. The molecular formula is C20H19N5O2. The normalized spacial score (nSPS) is 14.9. The number of hydrogen-bond acceptors (Lipinski definition) is 5. The maximum Gasteiger partial charge on any atom is 0.264 e. The maximum absolute atomic E-state index is 12.8. The number of hydrogen-bond donors (Lipinski definition) is 1. The Hall–Kier alpha value is -3.35. The number of aromatic nitrogens is 4. The van der Waals surface area contributed by atoms with Crippen molar-refractivity contribution in [1.29, 1.82) is 0 Å². The number of aromatic amines is 1. The van der Waals surface area contributed by atoms with Gasteiger partial charge in [-0.05, 0) is 48.6 Å². The van der Waals surface area contributed by atoms with E-state index in [-0.39, 0.29) is 11.5 Å². The average Bonchev–Trinajstić information content (AvgIpc) is 2.74. The van der Waals surface area contributed by atoms with Crippen molar-refractivity contribution in [2.45, 2.75) is 18.8 Å². The molecule has 4 rings (SSSR count). The number of rotatable bonds is 3. The van der Waals surface area contributed by atoms with Crippen molar-refractivity contribution in [3.05, 3.63) is 76.6 Å². The van der Waals surface area contributed by atoms with Crippen LogP contribution in [0.4, 0.5) is 0 Å². The highest BCUT2D eigenvalue weighted by atomic mass is 16.2. The van der Waals surface area contributed by atoms with E-state index in [1.165, 1.54) is 11.8 Å². The number of amides is 1. The number of piperidine rings is 1. The van der Waals surface area contributed by atoms with Crippen molar-refractivity contribution in [3.8, 4) is 11.5 Å². The first-order chi connectivity index (χ1) is 13.2. The Morgan fingerprint density at radius 1 is 1.04 bits per heavy atom. The first-order valence-electron chi connectivity index (χ1n) is 8.92. The second kappa shape index (κ2) is 7.49. The molecule has 0 radical (unpaired) electrons. The van der Waals surface area contributed by atoms with Crippen LogP contribution in [0.25, 0.3) is 11.5 Å². The van der Waals surface area contributed by atoms with Crippen molar-refractivity contribution in [3.63, 3.8) is 0 Å². The molecule has 1 fully saturated rings. The zero-order valence-corrected chi connectivity index (χ0v) is 14.7. The van der Waals surface area contributed by atoms with Crippen LogP contribution in [0.3, 0.4) is 0 Å². The Morgan fingerprint density at radius 3 is 2.48 bits per heavy atom. The van der Waals surface area contributed by atoms with Crippen LogP contribution in [0.15, 0.2) is 59.9 Å². The number of nitrogens with zero attached hydrogens (tertiary/aromatic N) is 4. The molecule has 0 atom stereocenters. The summed E-state index contributed by atoms with van der Waals surface area (Å²) >= 11 is 0. The molecule has 3 aromatic heterocycles. The molecule has 1 aliphatic heterocycles. The summed E-state index contributed by atoms with van der Waals surface area (Å²) in [6.45, 7) is 1.24. The Kier molecular flexibility index (Phi) is 4.74. The van der Waals surface area contributed by atoms with Crippen molar-refractivity contribution >= 4 is 5.91 Å². The van der Waals surface area contributed by atoms with E-state index >= 15 is 0 Å². The van der Waals surface area contributed by atoms with Crippen LogP contribution in [0.5, 0.6) is 0 Å². The summed E-state index contributed by atoms with van der Waals surface area (Å²) in [7, 11) is 0. The standard InChI is InChI=1S/C20H19N5O2/c26-19-16(13-23-18(24-19)17-3-1-2-8-22-17)20(27)25-11-6-15(7-12-25)14-4-9-21-10-5-14/h1-5,8-10,13,15H,6-7,11-12H2,(H,23,24,26). The van der Waals surface area contributed by atoms with E-state index in [0.717, 1.165) is 12.8 Å². The monoisotopic (exact) mass is 361 g/mol. The van der Waals surface area contributed by atoms with Crippen LogP contribution in [0.2, 0.25) is 0 Å². The minimum atomic E-state index is -0.438. The fourth-order valence-electron chi connectivity index (χ4n) is 3.40. The minimum absolute atomic E-state index is 0.0667. The number of H-pyrrole nitrogens is 1. The third kappa shape index (κ3) is 3.62. The molecule has 4 heterocycles. The molecule has 7 heteroatoms. The molecule has 1 amide bonds. The summed E-state index contributed by atoms with van der Waals surface area (Å²) in [6, 6.07) is 9.40. The van der Waals surface area contributed by atoms with Crippen molar-refractivity contribution in [1.82, 2.24) is 24.8 Å². The van der Waals surface area contributed by atoms with E-state index in [1.807, 2.05) is 18.2 Å². The van der Waals surface area contributed by atoms with Crippen molar-refractivity contribution < 1.29 is 4.79 Å². The molecule has 1 saturated heterocycles. The van der Waals surface area contributed by atoms with E-state index in [9.17, 15) is 9.59 Å². The molecule has 3 aromatic rings. The lowest BCUT2D eigenvalue weighted by atomic mass is 9.90. The highest BCUT2D eigenvalue weighted by Crippen LogP contribution is 2.27. The first kappa shape index (κ1) is 17.1. The second-order valence-electron chi connectivity index (χ2n) is 6.54. The molecule has 27 heavy (non-hydrogen) atoms. The Bertz CT molecular complexity index is 980. The van der Waals surface area contributed by atoms with Gasteiger partial charge in [0.1, 0.15) is 11.3 Å². The molecule has 7 nitrogen and oxygen atoms in total. The number of carbonyl (C=O) groups excluding carboxylic acids is 1. The first-order valence-corrected chi connectivity index (χ1v) is 8.92. The molecule has 0 aromatic carbocycles. The van der Waals surface area contributed by atoms with Gasteiger partial charge in [0, 0.05) is 37.9 Å². The number of likely N-dealkylation sites (tertiary alicyclic amines) is 1. The quantitative estimate of drug-likeness (QED) is 0.772. The predicted octanol–water partition coefficient (Wildman–Crippen LogP) is 2.25. The summed E-state index contributed by atoms with van der Waals surface area (Å²) in [4.78, 5) is 42.0. The summed E-state index contributed by atoms with van der Waals surface area (Å²) in [5.74, 6) is 0.498. The molecular weight excluding hydrogens is 342 g/mol. The maximum atomic E-state index is 12.8. The van der Waals surface area contributed by atoms with Crippen LogP contribution in [-0.2, 0) is 0 Å². The Morgan fingerprint density at radius 2 is 1.81 bits per heavy atom. The molecule has 136 valence electrons. The van der Waals surface area contributed by atoms with Gasteiger partial charge in [-0.3, -0.25) is 19.6 Å².